The van der Waals surface area contributed by atoms with Crippen molar-refractivity contribution in [1.29, 1.82) is 0 Å². The predicted octanol–water partition coefficient (Wildman–Crippen LogP) is 1.97. The first-order valence-corrected chi connectivity index (χ1v) is 6.62. The number of aryl methyl sites for hydroxylation is 1. The van der Waals surface area contributed by atoms with Gasteiger partial charge in [0.1, 0.15) is 11.6 Å². The third-order valence-corrected chi connectivity index (χ3v) is 3.00. The van der Waals surface area contributed by atoms with Gasteiger partial charge in [-0.15, -0.1) is 11.3 Å². The Balaban J connectivity index is 2.63. The molecule has 0 aromatic carbocycles. The van der Waals surface area contributed by atoms with Crippen molar-refractivity contribution in [3.05, 3.63) is 16.1 Å². The number of carboxylic acids is 1. The molecule has 1 heterocycles. The number of alkyl carbamates (subject to hydrolysis) is 1. The molecule has 1 aromatic heterocycles. The molecule has 0 radical (unpaired) electrons. The van der Waals surface area contributed by atoms with Crippen molar-refractivity contribution in [3.8, 4) is 0 Å². The molecule has 2 N–H and O–H groups in total. The first kappa shape index (κ1) is 15.4. The van der Waals surface area contributed by atoms with Gasteiger partial charge in [0.2, 0.25) is 0 Å². The molecule has 0 saturated heterocycles. The van der Waals surface area contributed by atoms with Gasteiger partial charge in [0.25, 0.3) is 0 Å². The highest BCUT2D eigenvalue weighted by atomic mass is 32.1. The molecule has 6 nitrogen and oxygen atoms in total. The van der Waals surface area contributed by atoms with Gasteiger partial charge >= 0.3 is 12.1 Å². The Morgan fingerprint density at radius 1 is 1.53 bits per heavy atom. The lowest BCUT2D eigenvalue weighted by atomic mass is 10.2. The van der Waals surface area contributed by atoms with E-state index < -0.39 is 23.7 Å². The molecule has 1 amide bonds. The number of hydrogen-bond acceptors (Lipinski definition) is 5. The Labute approximate surface area is 115 Å². The number of hydrogen-bond donors (Lipinski definition) is 2. The van der Waals surface area contributed by atoms with Crippen LogP contribution in [0.3, 0.4) is 0 Å². The molecule has 1 aromatic rings. The molecule has 0 saturated carbocycles. The molecule has 1 unspecified atom stereocenters. The Morgan fingerprint density at radius 3 is 2.58 bits per heavy atom. The summed E-state index contributed by atoms with van der Waals surface area (Å²) < 4.78 is 5.04. The number of ether oxygens (including phenoxy) is 1. The smallest absolute Gasteiger partial charge is 0.408 e. The Kier molecular flexibility index (Phi) is 4.88. The summed E-state index contributed by atoms with van der Waals surface area (Å²) in [4.78, 5) is 27.5. The normalized spacial score (nSPS) is 12.8. The maximum absolute atomic E-state index is 11.6. The zero-order chi connectivity index (χ0) is 14.6. The van der Waals surface area contributed by atoms with Gasteiger partial charge < -0.3 is 15.2 Å². The maximum atomic E-state index is 11.6. The fourth-order valence-electron chi connectivity index (χ4n) is 1.35. The second kappa shape index (κ2) is 6.01. The van der Waals surface area contributed by atoms with Crippen LogP contribution in [0.15, 0.2) is 6.20 Å². The third kappa shape index (κ3) is 5.69. The third-order valence-electron chi connectivity index (χ3n) is 2.06. The average molecular weight is 286 g/mol. The van der Waals surface area contributed by atoms with Crippen molar-refractivity contribution >= 4 is 23.4 Å². The van der Waals surface area contributed by atoms with Gasteiger partial charge in [-0.25, -0.2) is 14.6 Å². The summed E-state index contributed by atoms with van der Waals surface area (Å²) in [5, 5.41) is 12.3. The topological polar surface area (TPSA) is 88.5 Å². The zero-order valence-corrected chi connectivity index (χ0v) is 12.2. The molecule has 1 rings (SSSR count). The van der Waals surface area contributed by atoms with Crippen molar-refractivity contribution in [1.82, 2.24) is 10.3 Å². The van der Waals surface area contributed by atoms with E-state index in [1.807, 2.05) is 6.92 Å². The Bertz CT molecular complexity index is 465. The van der Waals surface area contributed by atoms with Gasteiger partial charge in [0.15, 0.2) is 0 Å². The molecular weight excluding hydrogens is 268 g/mol. The van der Waals surface area contributed by atoms with Gasteiger partial charge in [0.05, 0.1) is 5.01 Å². The molecule has 0 spiro atoms. The minimum absolute atomic E-state index is 0.195. The summed E-state index contributed by atoms with van der Waals surface area (Å²) in [5.74, 6) is -1.10. The van der Waals surface area contributed by atoms with E-state index in [0.29, 0.717) is 0 Å². The molecule has 19 heavy (non-hydrogen) atoms. The van der Waals surface area contributed by atoms with Crippen LogP contribution in [0.1, 0.15) is 30.7 Å². The highest BCUT2D eigenvalue weighted by Crippen LogP contribution is 2.14. The van der Waals surface area contributed by atoms with E-state index in [2.05, 4.69) is 10.3 Å². The number of aliphatic carboxylic acids is 1. The number of amides is 1. The fourth-order valence-corrected chi connectivity index (χ4v) is 2.19. The molecule has 0 bridgehead atoms. The van der Waals surface area contributed by atoms with E-state index in [9.17, 15) is 9.59 Å². The Morgan fingerprint density at radius 2 is 2.16 bits per heavy atom. The van der Waals surface area contributed by atoms with E-state index in [-0.39, 0.29) is 6.42 Å². The van der Waals surface area contributed by atoms with Crippen molar-refractivity contribution in [2.45, 2.75) is 45.8 Å². The largest absolute Gasteiger partial charge is 0.480 e. The molecule has 1 atom stereocenters. The van der Waals surface area contributed by atoms with Crippen LogP contribution in [0.25, 0.3) is 0 Å². The maximum Gasteiger partial charge on any atom is 0.408 e. The number of thiazole rings is 1. The molecule has 0 aliphatic carbocycles. The monoisotopic (exact) mass is 286 g/mol. The number of carbonyl (C=O) groups is 2. The van der Waals surface area contributed by atoms with Crippen molar-refractivity contribution in [3.63, 3.8) is 0 Å². The predicted molar refractivity (Wildman–Crippen MR) is 71.3 cm³/mol. The lowest BCUT2D eigenvalue weighted by Crippen LogP contribution is -2.44. The summed E-state index contributed by atoms with van der Waals surface area (Å²) in [6.45, 7) is 6.99. The van der Waals surface area contributed by atoms with E-state index >= 15 is 0 Å². The molecule has 0 aliphatic rings. The van der Waals surface area contributed by atoms with E-state index in [1.165, 1.54) is 11.3 Å². The Hall–Kier alpha value is -1.63. The van der Waals surface area contributed by atoms with Crippen LogP contribution in [0, 0.1) is 6.92 Å². The standard InChI is InChI=1S/C12H18N2O4S/c1-7-13-6-8(19-7)5-9(10(15)16)14-11(17)18-12(2,3)4/h6,9H,5H2,1-4H3,(H,14,17)(H,15,16). The van der Waals surface area contributed by atoms with Gasteiger partial charge in [-0.3, -0.25) is 0 Å². The number of aromatic nitrogens is 1. The molecule has 106 valence electrons. The second-order valence-corrected chi connectivity index (χ2v) is 6.41. The van der Waals surface area contributed by atoms with Gasteiger partial charge in [-0.1, -0.05) is 0 Å². The minimum atomic E-state index is -1.10. The van der Waals surface area contributed by atoms with Gasteiger partial charge in [0, 0.05) is 17.5 Å². The van der Waals surface area contributed by atoms with Crippen LogP contribution in [0.5, 0.6) is 0 Å². The van der Waals surface area contributed by atoms with E-state index in [1.54, 1.807) is 27.0 Å². The fraction of sp³-hybridized carbons (Fsp3) is 0.583. The summed E-state index contributed by atoms with van der Waals surface area (Å²) in [5.41, 5.74) is -0.659. The SMILES string of the molecule is Cc1ncc(CC(NC(=O)OC(C)(C)C)C(=O)O)s1. The van der Waals surface area contributed by atoms with Crippen LogP contribution in [0.4, 0.5) is 4.79 Å². The summed E-state index contributed by atoms with van der Waals surface area (Å²) in [7, 11) is 0. The van der Waals surface area contributed by atoms with Crippen LogP contribution in [-0.4, -0.2) is 33.8 Å². The van der Waals surface area contributed by atoms with Crippen LogP contribution >= 0.6 is 11.3 Å². The summed E-state index contributed by atoms with van der Waals surface area (Å²) in [6, 6.07) is -1.02. The van der Waals surface area contributed by atoms with E-state index in [4.69, 9.17) is 9.84 Å². The molecule has 0 aliphatic heterocycles. The van der Waals surface area contributed by atoms with Crippen molar-refractivity contribution < 1.29 is 19.4 Å². The first-order chi connectivity index (χ1) is 8.67. The highest BCUT2D eigenvalue weighted by Gasteiger charge is 2.24. The summed E-state index contributed by atoms with van der Waals surface area (Å²) in [6.07, 6.45) is 1.08. The lowest BCUT2D eigenvalue weighted by molar-refractivity contribution is -0.139. The molecule has 0 fully saturated rings. The number of carboxylic acid groups (broad SMARTS) is 1. The number of carbonyl (C=O) groups excluding carboxylic acids is 1. The molecule has 7 heteroatoms. The van der Waals surface area contributed by atoms with E-state index in [0.717, 1.165) is 9.88 Å². The number of nitrogens with zero attached hydrogens (tertiary/aromatic N) is 1. The van der Waals surface area contributed by atoms with Crippen LogP contribution in [0.2, 0.25) is 0 Å². The van der Waals surface area contributed by atoms with Crippen LogP contribution < -0.4 is 5.32 Å². The average Bonchev–Trinajstić information content (AvgIpc) is 2.60. The summed E-state index contributed by atoms with van der Waals surface area (Å²) >= 11 is 1.41. The van der Waals surface area contributed by atoms with Crippen molar-refractivity contribution in [2.24, 2.45) is 0 Å². The lowest BCUT2D eigenvalue weighted by Gasteiger charge is -2.21. The molecular formula is C12H18N2O4S. The number of rotatable bonds is 4. The van der Waals surface area contributed by atoms with Gasteiger partial charge in [-0.2, -0.15) is 0 Å². The highest BCUT2D eigenvalue weighted by molar-refractivity contribution is 7.11. The zero-order valence-electron chi connectivity index (χ0n) is 11.4. The van der Waals surface area contributed by atoms with Gasteiger partial charge in [-0.05, 0) is 27.7 Å². The van der Waals surface area contributed by atoms with Crippen molar-refractivity contribution in [2.75, 3.05) is 0 Å². The quantitative estimate of drug-likeness (QED) is 0.883. The first-order valence-electron chi connectivity index (χ1n) is 5.81. The van der Waals surface area contributed by atoms with Crippen LogP contribution in [-0.2, 0) is 16.0 Å². The minimum Gasteiger partial charge on any atom is -0.480 e. The second-order valence-electron chi connectivity index (χ2n) is 5.09. The number of nitrogens with one attached hydrogen (secondary N) is 1.